The predicted octanol–water partition coefficient (Wildman–Crippen LogP) is 1.75. The molecule has 1 aromatic rings. The SMILES string of the molecule is O=C(c1ccoc1)N1CCC2(CC1)CC(O)CN(C1CCOCC1)C2. The minimum absolute atomic E-state index is 0.0567. The van der Waals surface area contributed by atoms with E-state index in [1.165, 1.54) is 6.26 Å². The van der Waals surface area contributed by atoms with Crippen molar-refractivity contribution in [3.8, 4) is 0 Å². The Morgan fingerprint density at radius 2 is 2.00 bits per heavy atom. The first kappa shape index (κ1) is 17.1. The molecule has 3 saturated heterocycles. The third kappa shape index (κ3) is 3.61. The second-order valence-corrected chi connectivity index (χ2v) is 7.94. The molecule has 0 aliphatic carbocycles. The van der Waals surface area contributed by atoms with Gasteiger partial charge in [0.25, 0.3) is 5.91 Å². The number of piperidine rings is 2. The van der Waals surface area contributed by atoms with Crippen molar-refractivity contribution in [3.05, 3.63) is 24.2 Å². The molecule has 4 heterocycles. The van der Waals surface area contributed by atoms with E-state index in [0.29, 0.717) is 11.6 Å². The fourth-order valence-corrected chi connectivity index (χ4v) is 4.84. The van der Waals surface area contributed by atoms with Gasteiger partial charge in [-0.1, -0.05) is 0 Å². The van der Waals surface area contributed by atoms with Gasteiger partial charge in [0.05, 0.1) is 17.9 Å². The van der Waals surface area contributed by atoms with E-state index in [0.717, 1.165) is 71.5 Å². The van der Waals surface area contributed by atoms with E-state index in [2.05, 4.69) is 4.90 Å². The molecule has 1 unspecified atom stereocenters. The van der Waals surface area contributed by atoms with Crippen molar-refractivity contribution in [2.45, 2.75) is 44.2 Å². The highest BCUT2D eigenvalue weighted by molar-refractivity contribution is 5.93. The number of ether oxygens (including phenoxy) is 1. The minimum atomic E-state index is -0.257. The van der Waals surface area contributed by atoms with Gasteiger partial charge in [-0.2, -0.15) is 0 Å². The minimum Gasteiger partial charge on any atom is -0.472 e. The Morgan fingerprint density at radius 1 is 1.24 bits per heavy atom. The molecule has 25 heavy (non-hydrogen) atoms. The first-order chi connectivity index (χ1) is 12.2. The summed E-state index contributed by atoms with van der Waals surface area (Å²) in [5.74, 6) is 0.0567. The molecule has 3 aliphatic rings. The average molecular weight is 348 g/mol. The summed E-state index contributed by atoms with van der Waals surface area (Å²) >= 11 is 0. The number of β-amino-alcohol motifs (C(OH)–C–C–N with tert-alkyl or cyclic N) is 1. The summed E-state index contributed by atoms with van der Waals surface area (Å²) in [7, 11) is 0. The van der Waals surface area contributed by atoms with Crippen molar-refractivity contribution in [2.75, 3.05) is 39.4 Å². The van der Waals surface area contributed by atoms with Crippen LogP contribution in [-0.4, -0.2) is 72.4 Å². The zero-order chi connectivity index (χ0) is 17.3. The molecule has 1 spiro atoms. The number of likely N-dealkylation sites (tertiary alicyclic amines) is 2. The van der Waals surface area contributed by atoms with Crippen LogP contribution in [0.3, 0.4) is 0 Å². The maximum Gasteiger partial charge on any atom is 0.257 e. The lowest BCUT2D eigenvalue weighted by molar-refractivity contribution is -0.0695. The maximum absolute atomic E-state index is 12.5. The van der Waals surface area contributed by atoms with Crippen LogP contribution >= 0.6 is 0 Å². The fourth-order valence-electron chi connectivity index (χ4n) is 4.84. The van der Waals surface area contributed by atoms with Crippen molar-refractivity contribution in [1.82, 2.24) is 9.80 Å². The second kappa shape index (κ2) is 7.09. The standard InChI is InChI=1S/C19H28N2O4/c22-17-11-19(14-21(12-17)16-2-9-24-10-3-16)4-6-20(7-5-19)18(23)15-1-8-25-13-15/h1,8,13,16-17,22H,2-7,9-12,14H2. The number of hydrogen-bond donors (Lipinski definition) is 1. The Bertz CT molecular complexity index is 574. The van der Waals surface area contributed by atoms with Gasteiger partial charge in [0.2, 0.25) is 0 Å². The first-order valence-corrected chi connectivity index (χ1v) is 9.47. The largest absolute Gasteiger partial charge is 0.472 e. The second-order valence-electron chi connectivity index (χ2n) is 7.94. The van der Waals surface area contributed by atoms with Crippen molar-refractivity contribution in [3.63, 3.8) is 0 Å². The molecule has 1 aromatic heterocycles. The van der Waals surface area contributed by atoms with Gasteiger partial charge in [0.15, 0.2) is 0 Å². The van der Waals surface area contributed by atoms with Gasteiger partial charge in [0, 0.05) is 45.4 Å². The van der Waals surface area contributed by atoms with Crippen LogP contribution in [-0.2, 0) is 4.74 Å². The molecule has 0 radical (unpaired) electrons. The fraction of sp³-hybridized carbons (Fsp3) is 0.737. The quantitative estimate of drug-likeness (QED) is 0.882. The molecule has 1 N–H and O–H groups in total. The van der Waals surface area contributed by atoms with E-state index in [-0.39, 0.29) is 17.4 Å². The van der Waals surface area contributed by atoms with Crippen molar-refractivity contribution in [1.29, 1.82) is 0 Å². The number of amides is 1. The molecule has 6 heteroatoms. The molecule has 3 fully saturated rings. The van der Waals surface area contributed by atoms with Crippen LogP contribution in [0.25, 0.3) is 0 Å². The lowest BCUT2D eigenvalue weighted by Gasteiger charge is -2.51. The van der Waals surface area contributed by atoms with Gasteiger partial charge in [0.1, 0.15) is 6.26 Å². The number of carbonyl (C=O) groups excluding carboxylic acids is 1. The zero-order valence-corrected chi connectivity index (χ0v) is 14.7. The van der Waals surface area contributed by atoms with E-state index < -0.39 is 0 Å². The van der Waals surface area contributed by atoms with Gasteiger partial charge in [-0.3, -0.25) is 9.69 Å². The van der Waals surface area contributed by atoms with Crippen molar-refractivity contribution < 1.29 is 19.1 Å². The molecule has 1 amide bonds. The lowest BCUT2D eigenvalue weighted by atomic mass is 9.71. The van der Waals surface area contributed by atoms with E-state index in [1.54, 1.807) is 12.3 Å². The Kier molecular flexibility index (Phi) is 4.84. The van der Waals surface area contributed by atoms with E-state index in [1.807, 2.05) is 4.90 Å². The van der Waals surface area contributed by atoms with Gasteiger partial charge < -0.3 is 19.2 Å². The number of hydrogen-bond acceptors (Lipinski definition) is 5. The topological polar surface area (TPSA) is 66.2 Å². The third-order valence-electron chi connectivity index (χ3n) is 6.24. The molecule has 3 aliphatic heterocycles. The molecular weight excluding hydrogens is 320 g/mol. The summed E-state index contributed by atoms with van der Waals surface area (Å²) in [4.78, 5) is 16.9. The van der Waals surface area contributed by atoms with Crippen molar-refractivity contribution in [2.24, 2.45) is 5.41 Å². The summed E-state index contributed by atoms with van der Waals surface area (Å²) < 4.78 is 10.5. The van der Waals surface area contributed by atoms with Crippen LogP contribution in [0.1, 0.15) is 42.5 Å². The third-order valence-corrected chi connectivity index (χ3v) is 6.24. The molecule has 0 saturated carbocycles. The number of nitrogens with zero attached hydrogens (tertiary/aromatic N) is 2. The molecule has 0 aromatic carbocycles. The van der Waals surface area contributed by atoms with Gasteiger partial charge in [-0.25, -0.2) is 0 Å². The normalized spacial score (nSPS) is 28.4. The van der Waals surface area contributed by atoms with Gasteiger partial charge in [-0.15, -0.1) is 0 Å². The van der Waals surface area contributed by atoms with Crippen LogP contribution in [0.2, 0.25) is 0 Å². The summed E-state index contributed by atoms with van der Waals surface area (Å²) in [6.07, 6.45) is 7.72. The molecule has 1 atom stereocenters. The molecule has 138 valence electrons. The number of rotatable bonds is 2. The molecule has 6 nitrogen and oxygen atoms in total. The zero-order valence-electron chi connectivity index (χ0n) is 14.7. The van der Waals surface area contributed by atoms with Crippen LogP contribution in [0, 0.1) is 5.41 Å². The Labute approximate surface area is 148 Å². The summed E-state index contributed by atoms with van der Waals surface area (Å²) in [5, 5.41) is 10.5. The van der Waals surface area contributed by atoms with Crippen molar-refractivity contribution >= 4 is 5.91 Å². The average Bonchev–Trinajstić information content (AvgIpc) is 3.17. The number of aliphatic hydroxyl groups is 1. The number of aliphatic hydroxyl groups excluding tert-OH is 1. The smallest absolute Gasteiger partial charge is 0.257 e. The summed E-state index contributed by atoms with van der Waals surface area (Å²) in [6.45, 7) is 5.01. The van der Waals surface area contributed by atoms with E-state index in [9.17, 15) is 9.90 Å². The van der Waals surface area contributed by atoms with E-state index >= 15 is 0 Å². The van der Waals surface area contributed by atoms with Crippen LogP contribution < -0.4 is 0 Å². The summed E-state index contributed by atoms with van der Waals surface area (Å²) in [5.41, 5.74) is 0.770. The van der Waals surface area contributed by atoms with Crippen LogP contribution in [0.15, 0.2) is 23.0 Å². The number of carbonyl (C=O) groups is 1. The molecule has 4 rings (SSSR count). The molecular formula is C19H28N2O4. The first-order valence-electron chi connectivity index (χ1n) is 9.47. The Morgan fingerprint density at radius 3 is 2.68 bits per heavy atom. The van der Waals surface area contributed by atoms with E-state index in [4.69, 9.17) is 9.15 Å². The van der Waals surface area contributed by atoms with Gasteiger partial charge >= 0.3 is 0 Å². The maximum atomic E-state index is 12.5. The lowest BCUT2D eigenvalue weighted by Crippen LogP contribution is -2.57. The van der Waals surface area contributed by atoms with Gasteiger partial charge in [-0.05, 0) is 43.6 Å². The highest BCUT2D eigenvalue weighted by Crippen LogP contribution is 2.41. The monoisotopic (exact) mass is 348 g/mol. The number of furan rings is 1. The van der Waals surface area contributed by atoms with Crippen LogP contribution in [0.4, 0.5) is 0 Å². The Balaban J connectivity index is 1.39. The summed E-state index contributed by atoms with van der Waals surface area (Å²) in [6, 6.07) is 2.26. The predicted molar refractivity (Wildman–Crippen MR) is 92.3 cm³/mol. The Hall–Kier alpha value is -1.37. The highest BCUT2D eigenvalue weighted by atomic mass is 16.5. The molecule has 0 bridgehead atoms. The van der Waals surface area contributed by atoms with Crippen LogP contribution in [0.5, 0.6) is 0 Å². The highest BCUT2D eigenvalue weighted by Gasteiger charge is 2.43.